The molecule has 116 valence electrons. The smallest absolute Gasteiger partial charge is 0.335 e. The summed E-state index contributed by atoms with van der Waals surface area (Å²) in [4.78, 5) is 40.1. The van der Waals surface area contributed by atoms with Gasteiger partial charge in [-0.3, -0.25) is 4.79 Å². The zero-order chi connectivity index (χ0) is 16.5. The molecule has 20 heavy (non-hydrogen) atoms. The van der Waals surface area contributed by atoms with E-state index in [-0.39, 0.29) is 11.7 Å². The van der Waals surface area contributed by atoms with E-state index in [4.69, 9.17) is 25.5 Å². The highest BCUT2D eigenvalue weighted by molar-refractivity contribution is 7.80. The summed E-state index contributed by atoms with van der Waals surface area (Å²) in [5.74, 6) is -4.86. The number of aliphatic hydroxyl groups is 2. The van der Waals surface area contributed by atoms with Crippen molar-refractivity contribution in [2.45, 2.75) is 25.2 Å². The molecule has 3 unspecified atom stereocenters. The molecule has 10 nitrogen and oxygen atoms in total. The van der Waals surface area contributed by atoms with Crippen LogP contribution in [0.15, 0.2) is 0 Å². The van der Waals surface area contributed by atoms with Crippen LogP contribution in [0, 0.1) is 0 Å². The van der Waals surface area contributed by atoms with Gasteiger partial charge < -0.3 is 30.8 Å². The number of hydrogen-bond acceptors (Lipinski definition) is 7. The predicted octanol–water partition coefficient (Wildman–Crippen LogP) is -2.62. The lowest BCUT2D eigenvalue weighted by atomic mass is 10.2. The Balaban J connectivity index is 0. The zero-order valence-electron chi connectivity index (χ0n) is 10.3. The molecule has 1 amide bonds. The third-order valence-electron chi connectivity index (χ3n) is 1.66. The lowest BCUT2D eigenvalue weighted by molar-refractivity contribution is -0.165. The Morgan fingerprint density at radius 1 is 0.950 bits per heavy atom. The molecule has 0 heterocycles. The molecule has 0 aromatic heterocycles. The summed E-state index contributed by atoms with van der Waals surface area (Å²) in [6, 6.07) is -0.874. The van der Waals surface area contributed by atoms with E-state index in [0.29, 0.717) is 0 Å². The minimum absolute atomic E-state index is 0.106. The Labute approximate surface area is 118 Å². The van der Waals surface area contributed by atoms with E-state index in [1.54, 1.807) is 0 Å². The predicted molar refractivity (Wildman–Crippen MR) is 66.4 cm³/mol. The number of thiol groups is 1. The summed E-state index contributed by atoms with van der Waals surface area (Å²) in [5.41, 5.74) is 0. The highest BCUT2D eigenvalue weighted by Gasteiger charge is 2.29. The third-order valence-corrected chi connectivity index (χ3v) is 2.03. The standard InChI is InChI=1S/C5H9NO3S.C4H6O6/c1-3(7)6-4(2-10)5(8)9;5-1(3(7)8)2(6)4(9)10/h4,10H,2H2,1H3,(H,6,7)(H,8,9);1-2,5-6H,(H,7,8)(H,9,10). The van der Waals surface area contributed by atoms with Gasteiger partial charge in [0.15, 0.2) is 12.2 Å². The van der Waals surface area contributed by atoms with Gasteiger partial charge >= 0.3 is 17.9 Å². The molecule has 6 N–H and O–H groups in total. The van der Waals surface area contributed by atoms with Gasteiger partial charge in [0.1, 0.15) is 6.04 Å². The van der Waals surface area contributed by atoms with Crippen LogP contribution in [0.2, 0.25) is 0 Å². The first-order valence-corrected chi connectivity index (χ1v) is 5.60. The molecular formula is C9H15NO9S. The van der Waals surface area contributed by atoms with Gasteiger partial charge in [-0.2, -0.15) is 12.6 Å². The monoisotopic (exact) mass is 313 g/mol. The van der Waals surface area contributed by atoms with Crippen LogP contribution in [0.1, 0.15) is 6.92 Å². The SMILES string of the molecule is CC(=O)NC(CS)C(=O)O.O=C(O)C(O)C(O)C(=O)O. The summed E-state index contributed by atoms with van der Waals surface area (Å²) in [6.45, 7) is 1.26. The van der Waals surface area contributed by atoms with Gasteiger partial charge in [-0.15, -0.1) is 0 Å². The molecule has 0 saturated carbocycles. The van der Waals surface area contributed by atoms with Crippen molar-refractivity contribution in [3.63, 3.8) is 0 Å². The number of amides is 1. The Bertz CT molecular complexity index is 338. The van der Waals surface area contributed by atoms with Gasteiger partial charge in [-0.1, -0.05) is 0 Å². The number of carboxylic acid groups (broad SMARTS) is 3. The molecule has 0 radical (unpaired) electrons. The highest BCUT2D eigenvalue weighted by atomic mass is 32.1. The number of carbonyl (C=O) groups excluding carboxylic acids is 1. The average Bonchev–Trinajstić information content (AvgIpc) is 2.33. The zero-order valence-corrected chi connectivity index (χ0v) is 11.1. The van der Waals surface area contributed by atoms with Gasteiger partial charge in [0.2, 0.25) is 5.91 Å². The topological polar surface area (TPSA) is 181 Å². The number of hydrogen-bond donors (Lipinski definition) is 7. The van der Waals surface area contributed by atoms with Crippen molar-refractivity contribution < 1.29 is 44.7 Å². The van der Waals surface area contributed by atoms with E-state index in [1.165, 1.54) is 6.92 Å². The van der Waals surface area contributed by atoms with Crippen molar-refractivity contribution >= 4 is 36.4 Å². The molecule has 3 atom stereocenters. The fourth-order valence-corrected chi connectivity index (χ4v) is 0.948. The van der Waals surface area contributed by atoms with Gasteiger partial charge in [-0.25, -0.2) is 14.4 Å². The molecule has 0 aliphatic heterocycles. The maximum atomic E-state index is 10.3. The molecule has 11 heteroatoms. The highest BCUT2D eigenvalue weighted by Crippen LogP contribution is 1.92. The number of rotatable bonds is 6. The van der Waals surface area contributed by atoms with Crippen LogP contribution < -0.4 is 5.32 Å². The number of carbonyl (C=O) groups is 4. The van der Waals surface area contributed by atoms with E-state index in [9.17, 15) is 19.2 Å². The first-order valence-electron chi connectivity index (χ1n) is 4.97. The second-order valence-electron chi connectivity index (χ2n) is 3.34. The van der Waals surface area contributed by atoms with Crippen molar-refractivity contribution in [3.8, 4) is 0 Å². The van der Waals surface area contributed by atoms with E-state index in [1.807, 2.05) is 0 Å². The second-order valence-corrected chi connectivity index (χ2v) is 3.71. The van der Waals surface area contributed by atoms with Crippen LogP contribution in [0.5, 0.6) is 0 Å². The number of nitrogens with one attached hydrogen (secondary N) is 1. The molecular weight excluding hydrogens is 298 g/mol. The molecule has 0 rings (SSSR count). The summed E-state index contributed by atoms with van der Waals surface area (Å²) >= 11 is 3.73. The van der Waals surface area contributed by atoms with Gasteiger partial charge in [0.05, 0.1) is 0 Å². The van der Waals surface area contributed by atoms with E-state index in [2.05, 4.69) is 17.9 Å². The van der Waals surface area contributed by atoms with Crippen LogP contribution in [0.4, 0.5) is 0 Å². The van der Waals surface area contributed by atoms with Gasteiger partial charge in [-0.05, 0) is 0 Å². The Kier molecular flexibility index (Phi) is 10.2. The Morgan fingerprint density at radius 3 is 1.40 bits per heavy atom. The number of aliphatic carboxylic acids is 3. The normalized spacial score (nSPS) is 14.0. The average molecular weight is 313 g/mol. The summed E-state index contributed by atoms with van der Waals surface area (Å²) in [6.07, 6.45) is -4.53. The lowest BCUT2D eigenvalue weighted by Gasteiger charge is -2.08. The minimum Gasteiger partial charge on any atom is -0.480 e. The molecule has 0 aromatic rings. The number of carboxylic acids is 3. The fraction of sp³-hybridized carbons (Fsp3) is 0.556. The summed E-state index contributed by atoms with van der Waals surface area (Å²) in [5, 5.41) is 43.1. The van der Waals surface area contributed by atoms with Gasteiger partial charge in [0.25, 0.3) is 0 Å². The Hall–Kier alpha value is -1.85. The largest absolute Gasteiger partial charge is 0.480 e. The number of aliphatic hydroxyl groups excluding tert-OH is 2. The molecule has 0 fully saturated rings. The van der Waals surface area contributed by atoms with Crippen LogP contribution >= 0.6 is 12.6 Å². The van der Waals surface area contributed by atoms with E-state index < -0.39 is 36.2 Å². The van der Waals surface area contributed by atoms with Crippen molar-refractivity contribution in [2.75, 3.05) is 5.75 Å². The van der Waals surface area contributed by atoms with E-state index >= 15 is 0 Å². The van der Waals surface area contributed by atoms with Gasteiger partial charge in [0, 0.05) is 12.7 Å². The molecule has 0 spiro atoms. The van der Waals surface area contributed by atoms with Crippen LogP contribution in [-0.4, -0.2) is 73.4 Å². The lowest BCUT2D eigenvalue weighted by Crippen LogP contribution is -2.40. The van der Waals surface area contributed by atoms with Crippen molar-refractivity contribution in [2.24, 2.45) is 0 Å². The molecule has 0 aliphatic carbocycles. The molecule has 0 aliphatic rings. The van der Waals surface area contributed by atoms with Crippen molar-refractivity contribution in [1.82, 2.24) is 5.32 Å². The summed E-state index contributed by atoms with van der Waals surface area (Å²) < 4.78 is 0. The first kappa shape index (κ1) is 20.5. The maximum absolute atomic E-state index is 10.3. The molecule has 0 saturated heterocycles. The fourth-order valence-electron chi connectivity index (χ4n) is 0.701. The minimum atomic E-state index is -2.27. The third kappa shape index (κ3) is 9.13. The maximum Gasteiger partial charge on any atom is 0.335 e. The van der Waals surface area contributed by atoms with Crippen LogP contribution in [0.25, 0.3) is 0 Å². The summed E-state index contributed by atoms with van der Waals surface area (Å²) in [7, 11) is 0. The quantitative estimate of drug-likeness (QED) is 0.258. The van der Waals surface area contributed by atoms with Crippen molar-refractivity contribution in [1.29, 1.82) is 0 Å². The second kappa shape index (κ2) is 10.00. The first-order chi connectivity index (χ1) is 9.04. The van der Waals surface area contributed by atoms with Crippen LogP contribution in [-0.2, 0) is 19.2 Å². The molecule has 0 aromatic carbocycles. The molecule has 0 bridgehead atoms. The Morgan fingerprint density at radius 2 is 1.30 bits per heavy atom. The van der Waals surface area contributed by atoms with E-state index in [0.717, 1.165) is 0 Å². The van der Waals surface area contributed by atoms with Crippen molar-refractivity contribution in [3.05, 3.63) is 0 Å². The van der Waals surface area contributed by atoms with Crippen LogP contribution in [0.3, 0.4) is 0 Å².